The van der Waals surface area contributed by atoms with Gasteiger partial charge in [0.25, 0.3) is 0 Å². The van der Waals surface area contributed by atoms with Crippen molar-refractivity contribution in [3.63, 3.8) is 0 Å². The molecular weight excluding hydrogens is 396 g/mol. The summed E-state index contributed by atoms with van der Waals surface area (Å²) in [6.45, 7) is 4.41. The van der Waals surface area contributed by atoms with Crippen LogP contribution >= 0.6 is 0 Å². The molecule has 0 aliphatic carbocycles. The van der Waals surface area contributed by atoms with Crippen molar-refractivity contribution in [3.8, 4) is 11.4 Å². The molecule has 2 heterocycles. The van der Waals surface area contributed by atoms with E-state index in [-0.39, 0.29) is 18.0 Å². The number of rotatable bonds is 7. The summed E-state index contributed by atoms with van der Waals surface area (Å²) in [5, 5.41) is 0. The molecule has 8 nitrogen and oxygen atoms in total. The molecule has 0 radical (unpaired) electrons. The first kappa shape index (κ1) is 20.6. The minimum Gasteiger partial charge on any atom is -0.492 e. The van der Waals surface area contributed by atoms with Crippen LogP contribution in [0.25, 0.3) is 27.9 Å². The highest BCUT2D eigenvalue weighted by Gasteiger charge is 2.28. The topological polar surface area (TPSA) is 101 Å². The van der Waals surface area contributed by atoms with Crippen LogP contribution in [0, 0.1) is 0 Å². The average molecular weight is 420 g/mol. The summed E-state index contributed by atoms with van der Waals surface area (Å²) < 4.78 is 18.1. The normalized spacial score (nSPS) is 12.2. The molecule has 2 aromatic heterocycles. The first-order chi connectivity index (χ1) is 15.0. The maximum absolute atomic E-state index is 13.1. The number of anilines is 1. The van der Waals surface area contributed by atoms with Gasteiger partial charge in [-0.15, -0.1) is 0 Å². The van der Waals surface area contributed by atoms with Crippen LogP contribution in [0.3, 0.4) is 0 Å². The van der Waals surface area contributed by atoms with Crippen LogP contribution in [0.1, 0.15) is 24.2 Å². The average Bonchev–Trinajstić information content (AvgIpc) is 3.03. The van der Waals surface area contributed by atoms with Crippen molar-refractivity contribution in [2.45, 2.75) is 20.0 Å². The monoisotopic (exact) mass is 420 g/mol. The summed E-state index contributed by atoms with van der Waals surface area (Å²) in [5.41, 5.74) is 9.53. The number of methoxy groups -OCH3 is 1. The van der Waals surface area contributed by atoms with E-state index in [0.29, 0.717) is 40.2 Å². The molecular formula is C23H24N4O4. The van der Waals surface area contributed by atoms with Crippen molar-refractivity contribution in [1.82, 2.24) is 14.5 Å². The van der Waals surface area contributed by atoms with Gasteiger partial charge in [-0.25, -0.2) is 14.8 Å². The van der Waals surface area contributed by atoms with E-state index in [9.17, 15) is 4.79 Å². The molecule has 0 saturated carbocycles. The number of para-hydroxylation sites is 4. The smallest absolute Gasteiger partial charge is 0.344 e. The van der Waals surface area contributed by atoms with Crippen molar-refractivity contribution in [2.24, 2.45) is 0 Å². The summed E-state index contributed by atoms with van der Waals surface area (Å²) in [6, 6.07) is 14.9. The Morgan fingerprint density at radius 3 is 2.48 bits per heavy atom. The first-order valence-corrected chi connectivity index (χ1v) is 10.0. The van der Waals surface area contributed by atoms with E-state index < -0.39 is 12.1 Å². The van der Waals surface area contributed by atoms with Crippen LogP contribution < -0.4 is 10.5 Å². The van der Waals surface area contributed by atoms with Gasteiger partial charge in [-0.1, -0.05) is 24.3 Å². The third-order valence-corrected chi connectivity index (χ3v) is 4.82. The molecule has 4 rings (SSSR count). The fraction of sp³-hybridized carbons (Fsp3) is 0.261. The van der Waals surface area contributed by atoms with Crippen LogP contribution in [0.4, 0.5) is 5.82 Å². The Kier molecular flexibility index (Phi) is 5.73. The molecule has 0 spiro atoms. The lowest BCUT2D eigenvalue weighted by Gasteiger charge is -2.14. The van der Waals surface area contributed by atoms with Crippen LogP contribution in [-0.4, -0.2) is 46.9 Å². The molecule has 0 unspecified atom stereocenters. The van der Waals surface area contributed by atoms with Gasteiger partial charge in [-0.2, -0.15) is 0 Å². The quantitative estimate of drug-likeness (QED) is 0.454. The van der Waals surface area contributed by atoms with Gasteiger partial charge < -0.3 is 19.9 Å². The lowest BCUT2D eigenvalue weighted by atomic mass is 10.2. The molecule has 2 aromatic carbocycles. The summed E-state index contributed by atoms with van der Waals surface area (Å²) in [6.07, 6.45) is -0.445. The predicted molar refractivity (Wildman–Crippen MR) is 119 cm³/mol. The zero-order chi connectivity index (χ0) is 22.0. The van der Waals surface area contributed by atoms with Crippen molar-refractivity contribution in [3.05, 3.63) is 54.1 Å². The van der Waals surface area contributed by atoms with Gasteiger partial charge in [0, 0.05) is 7.11 Å². The fourth-order valence-corrected chi connectivity index (χ4v) is 3.54. The number of ether oxygens (including phenoxy) is 3. The predicted octanol–water partition coefficient (Wildman–Crippen LogP) is 3.75. The largest absolute Gasteiger partial charge is 0.492 e. The zero-order valence-corrected chi connectivity index (χ0v) is 17.7. The molecule has 0 saturated heterocycles. The Labute approximate surface area is 179 Å². The van der Waals surface area contributed by atoms with Gasteiger partial charge in [0.1, 0.15) is 28.8 Å². The number of hydrogen-bond acceptors (Lipinski definition) is 7. The number of benzene rings is 2. The second kappa shape index (κ2) is 8.61. The Morgan fingerprint density at radius 2 is 1.77 bits per heavy atom. The third kappa shape index (κ3) is 3.77. The van der Waals surface area contributed by atoms with E-state index in [2.05, 4.69) is 0 Å². The minimum atomic E-state index is -0.579. The fourth-order valence-electron chi connectivity index (χ4n) is 3.54. The third-order valence-electron chi connectivity index (χ3n) is 4.82. The van der Waals surface area contributed by atoms with E-state index in [1.54, 1.807) is 18.6 Å². The van der Waals surface area contributed by atoms with Crippen LogP contribution in [-0.2, 0) is 9.47 Å². The van der Waals surface area contributed by atoms with Gasteiger partial charge in [-0.05, 0) is 38.1 Å². The molecule has 4 aromatic rings. The van der Waals surface area contributed by atoms with Crippen LogP contribution in [0.15, 0.2) is 48.5 Å². The number of fused-ring (bicyclic) bond motifs is 2. The number of nitrogen functional groups attached to an aromatic ring is 1. The zero-order valence-electron chi connectivity index (χ0n) is 17.7. The van der Waals surface area contributed by atoms with Crippen molar-refractivity contribution in [1.29, 1.82) is 0 Å². The number of nitrogens with zero attached hydrogens (tertiary/aromatic N) is 3. The minimum absolute atomic E-state index is 0.169. The molecule has 0 aliphatic rings. The highest BCUT2D eigenvalue weighted by molar-refractivity contribution is 6.09. The molecule has 2 N–H and O–H groups in total. The Morgan fingerprint density at radius 1 is 1.10 bits per heavy atom. The summed E-state index contributed by atoms with van der Waals surface area (Å²) >= 11 is 0. The number of carbonyl (C=O) groups excluding carboxylic acids is 1. The number of aromatic nitrogens is 3. The maximum Gasteiger partial charge on any atom is 0.344 e. The lowest BCUT2D eigenvalue weighted by molar-refractivity contribution is 0.0123. The second-order valence-corrected chi connectivity index (χ2v) is 7.05. The second-order valence-electron chi connectivity index (χ2n) is 7.05. The molecule has 1 atom stereocenters. The van der Waals surface area contributed by atoms with Crippen molar-refractivity contribution < 1.29 is 19.0 Å². The Bertz CT molecular complexity index is 1250. The summed E-state index contributed by atoms with van der Waals surface area (Å²) in [4.78, 5) is 22.6. The van der Waals surface area contributed by atoms with Crippen molar-refractivity contribution in [2.75, 3.05) is 26.1 Å². The molecule has 0 fully saturated rings. The number of nitrogens with two attached hydrogens (primary N) is 1. The number of carbonyl (C=O) groups is 1. The lowest BCUT2D eigenvalue weighted by Crippen LogP contribution is -2.20. The summed E-state index contributed by atoms with van der Waals surface area (Å²) in [5.74, 6) is 0.229. The van der Waals surface area contributed by atoms with Gasteiger partial charge in [0.05, 0.1) is 29.9 Å². The molecule has 8 heteroatoms. The van der Waals surface area contributed by atoms with Gasteiger partial charge in [0.2, 0.25) is 0 Å². The first-order valence-electron chi connectivity index (χ1n) is 10.0. The molecule has 0 amide bonds. The molecule has 0 bridgehead atoms. The van der Waals surface area contributed by atoms with Crippen LogP contribution in [0.2, 0.25) is 0 Å². The van der Waals surface area contributed by atoms with Crippen LogP contribution in [0.5, 0.6) is 5.75 Å². The van der Waals surface area contributed by atoms with E-state index in [1.807, 2.05) is 55.5 Å². The number of esters is 1. The van der Waals surface area contributed by atoms with Gasteiger partial charge >= 0.3 is 5.97 Å². The van der Waals surface area contributed by atoms with Gasteiger partial charge in [0.15, 0.2) is 5.65 Å². The highest BCUT2D eigenvalue weighted by atomic mass is 16.6. The Hall–Kier alpha value is -3.65. The molecule has 160 valence electrons. The summed E-state index contributed by atoms with van der Waals surface area (Å²) in [7, 11) is 1.55. The molecule has 0 aliphatic heterocycles. The van der Waals surface area contributed by atoms with E-state index in [0.717, 1.165) is 0 Å². The van der Waals surface area contributed by atoms with Gasteiger partial charge in [-0.3, -0.25) is 4.57 Å². The maximum atomic E-state index is 13.1. The highest BCUT2D eigenvalue weighted by Crippen LogP contribution is 2.35. The van der Waals surface area contributed by atoms with E-state index in [4.69, 9.17) is 29.9 Å². The Balaban J connectivity index is 1.99. The molecule has 31 heavy (non-hydrogen) atoms. The SMILES string of the molecule is CCOc1ccccc1-n1c(N)c(C(=O)O[C@@H](C)COC)c2nc3ccccc3nc21. The van der Waals surface area contributed by atoms with E-state index >= 15 is 0 Å². The number of hydrogen-bond donors (Lipinski definition) is 1. The van der Waals surface area contributed by atoms with E-state index in [1.165, 1.54) is 0 Å². The standard InChI is InChI=1S/C23H24N4O4/c1-4-30-18-12-8-7-11-17(18)27-21(24)19(23(28)31-14(2)13-29-3)20-22(27)26-16-10-6-5-9-15(16)25-20/h5-12,14H,4,13,24H2,1-3H3/t14-/m0/s1. The van der Waals surface area contributed by atoms with Crippen molar-refractivity contribution >= 4 is 34.0 Å².